The molecule has 15 atom stereocenters. The third-order valence-corrected chi connectivity index (χ3v) is 14.7. The van der Waals surface area contributed by atoms with E-state index in [-0.39, 0.29) is 68.3 Å². The molecule has 1 aliphatic carbocycles. The van der Waals surface area contributed by atoms with Gasteiger partial charge in [0.1, 0.15) is 30.1 Å². The fourth-order valence-corrected chi connectivity index (χ4v) is 10.8. The van der Waals surface area contributed by atoms with Crippen molar-refractivity contribution in [3.8, 4) is 0 Å². The Morgan fingerprint density at radius 1 is 0.925 bits per heavy atom. The molecule has 0 radical (unpaired) electrons. The van der Waals surface area contributed by atoms with Crippen molar-refractivity contribution in [3.05, 3.63) is 59.2 Å². The summed E-state index contributed by atoms with van der Waals surface area (Å²) in [4.78, 5) is 58.6. The summed E-state index contributed by atoms with van der Waals surface area (Å²) in [5, 5.41) is 34.9. The number of methoxy groups -OCH3 is 2. The molecular weight excluding hydrogens is 859 g/mol. The van der Waals surface area contributed by atoms with Crippen molar-refractivity contribution in [2.75, 3.05) is 27.4 Å². The minimum Gasteiger partial charge on any atom is -0.456 e. The molecule has 1 aromatic rings. The molecule has 1 aromatic carbocycles. The molecule has 3 heterocycles. The summed E-state index contributed by atoms with van der Waals surface area (Å²) >= 11 is 0. The van der Waals surface area contributed by atoms with Crippen LogP contribution >= 0.6 is 0 Å². The van der Waals surface area contributed by atoms with Crippen molar-refractivity contribution in [1.82, 2.24) is 4.90 Å². The molecule has 14 nitrogen and oxygen atoms in total. The van der Waals surface area contributed by atoms with Crippen LogP contribution in [-0.4, -0.2) is 132 Å². The lowest BCUT2D eigenvalue weighted by molar-refractivity contribution is -0.302. The van der Waals surface area contributed by atoms with E-state index in [1.165, 1.54) is 19.1 Å². The molecule has 2 saturated heterocycles. The Bertz CT molecular complexity index is 1850. The number of nitrogens with zero attached hydrogens (tertiary/aromatic N) is 1. The summed E-state index contributed by atoms with van der Waals surface area (Å²) < 4.78 is 37.2. The predicted octanol–water partition coefficient (Wildman–Crippen LogP) is 7.01. The molecule has 3 N–H and O–H groups in total. The van der Waals surface area contributed by atoms with Gasteiger partial charge in [-0.05, 0) is 115 Å². The second-order valence-corrected chi connectivity index (χ2v) is 20.3. The van der Waals surface area contributed by atoms with Crippen LogP contribution in [0.15, 0.2) is 53.6 Å². The summed E-state index contributed by atoms with van der Waals surface area (Å²) in [7, 11) is 3.07. The zero-order valence-corrected chi connectivity index (χ0v) is 41.8. The minimum absolute atomic E-state index is 0.0227. The minimum atomic E-state index is -2.52. The molecule has 0 aromatic heterocycles. The van der Waals surface area contributed by atoms with Gasteiger partial charge in [0.05, 0.1) is 43.2 Å². The molecule has 5 rings (SSSR count). The number of allylic oxidation sites excluding steroid dienone is 3. The van der Waals surface area contributed by atoms with Crippen LogP contribution in [-0.2, 0) is 47.6 Å². The Morgan fingerprint density at radius 3 is 2.27 bits per heavy atom. The molecule has 376 valence electrons. The van der Waals surface area contributed by atoms with E-state index < -0.39 is 83.9 Å². The van der Waals surface area contributed by atoms with E-state index >= 15 is 0 Å². The van der Waals surface area contributed by atoms with Crippen LogP contribution in [0.1, 0.15) is 138 Å². The fraction of sp³-hybridized carbons (Fsp3) is 0.736. The number of aliphatic hydroxyl groups is 3. The molecule has 2 bridgehead atoms. The number of benzene rings is 1. The third-order valence-electron chi connectivity index (χ3n) is 14.7. The zero-order chi connectivity index (χ0) is 49.2. The first-order valence-corrected chi connectivity index (χ1v) is 24.9. The van der Waals surface area contributed by atoms with E-state index in [0.29, 0.717) is 56.9 Å². The number of hydrogen-bond donors (Lipinski definition) is 3. The first kappa shape index (κ1) is 54.6. The normalized spacial score (nSPS) is 36.4. The fourth-order valence-electron chi connectivity index (χ4n) is 10.8. The van der Waals surface area contributed by atoms with Crippen molar-refractivity contribution in [3.63, 3.8) is 0 Å². The lowest BCUT2D eigenvalue weighted by Gasteiger charge is -2.47. The largest absolute Gasteiger partial charge is 0.456 e. The number of fused-ring (bicyclic) bond motifs is 3. The number of rotatable bonds is 11. The van der Waals surface area contributed by atoms with Crippen LogP contribution in [0.2, 0.25) is 0 Å². The topological polar surface area (TPSA) is 188 Å². The number of amides is 1. The summed E-state index contributed by atoms with van der Waals surface area (Å²) in [5.41, 5.74) is 2.43. The van der Waals surface area contributed by atoms with Crippen LogP contribution in [0.5, 0.6) is 0 Å². The quantitative estimate of drug-likeness (QED) is 0.117. The van der Waals surface area contributed by atoms with Crippen molar-refractivity contribution in [2.24, 2.45) is 29.6 Å². The molecule has 1 saturated carbocycles. The molecular formula is C53H81NO13. The second kappa shape index (κ2) is 25.0. The highest BCUT2D eigenvalue weighted by Crippen LogP contribution is 2.40. The number of ketones is 2. The highest BCUT2D eigenvalue weighted by Gasteiger charge is 2.56. The van der Waals surface area contributed by atoms with Crippen molar-refractivity contribution in [2.45, 2.75) is 193 Å². The van der Waals surface area contributed by atoms with Crippen molar-refractivity contribution < 1.29 is 62.9 Å². The third kappa shape index (κ3) is 13.9. The number of carbonyl (C=O) groups excluding carboxylic acids is 4. The van der Waals surface area contributed by atoms with Gasteiger partial charge in [-0.2, -0.15) is 0 Å². The predicted molar refractivity (Wildman–Crippen MR) is 252 cm³/mol. The van der Waals surface area contributed by atoms with Gasteiger partial charge in [0, 0.05) is 44.9 Å². The molecule has 1 amide bonds. The van der Waals surface area contributed by atoms with Gasteiger partial charge in [-0.1, -0.05) is 75.8 Å². The second-order valence-electron chi connectivity index (χ2n) is 20.3. The lowest BCUT2D eigenvalue weighted by atomic mass is 9.81. The standard InChI is InChI=1S/C53H81NO13/c1-11-38-24-32(4)23-33(5)25-46(62-9)49-47(63-10)27-35(7)53(61,67-49)50(58)51(59)54-22-16-15-19-40(54)52(60)66-48(36(8)41(55)29-42(38)56)34(6)26-37-20-21-44(45(28-37)65-31(2)3)64-30-43(57)39-17-13-12-14-18-39/h12-14,17-18,24,26,31,33,35-38,40-41,43-49,55,57,61H,11,15-16,19-23,25,27-30H2,1-10H3. The Hall–Kier alpha value is -3.34. The van der Waals surface area contributed by atoms with Crippen LogP contribution in [0.3, 0.4) is 0 Å². The summed E-state index contributed by atoms with van der Waals surface area (Å²) in [6.07, 6.45) is 3.30. The number of aliphatic hydroxyl groups excluding tert-OH is 2. The van der Waals surface area contributed by atoms with E-state index in [2.05, 4.69) is 13.0 Å². The molecule has 67 heavy (non-hydrogen) atoms. The maximum Gasteiger partial charge on any atom is 0.329 e. The number of cyclic esters (lactones) is 1. The Labute approximate surface area is 399 Å². The lowest BCUT2D eigenvalue weighted by Crippen LogP contribution is -2.64. The Kier molecular flexibility index (Phi) is 20.4. The number of Topliss-reactive ketones (excluding diaryl/α,β-unsaturated/α-hetero) is 2. The highest BCUT2D eigenvalue weighted by atomic mass is 16.7. The van der Waals surface area contributed by atoms with Gasteiger partial charge in [0.25, 0.3) is 11.7 Å². The van der Waals surface area contributed by atoms with E-state index in [0.717, 1.165) is 11.1 Å². The molecule has 4 aliphatic rings. The zero-order valence-electron chi connectivity index (χ0n) is 41.8. The number of carbonyl (C=O) groups is 4. The van der Waals surface area contributed by atoms with Gasteiger partial charge in [-0.3, -0.25) is 14.4 Å². The van der Waals surface area contributed by atoms with E-state index in [1.807, 2.05) is 71.0 Å². The molecule has 3 fully saturated rings. The first-order valence-electron chi connectivity index (χ1n) is 24.9. The van der Waals surface area contributed by atoms with Gasteiger partial charge in [0.2, 0.25) is 5.79 Å². The van der Waals surface area contributed by atoms with Gasteiger partial charge in [-0.15, -0.1) is 0 Å². The molecule has 0 spiro atoms. The summed E-state index contributed by atoms with van der Waals surface area (Å²) in [6.45, 7) is 15.4. The smallest absolute Gasteiger partial charge is 0.329 e. The average molecular weight is 940 g/mol. The highest BCUT2D eigenvalue weighted by molar-refractivity contribution is 6.39. The number of esters is 1. The van der Waals surface area contributed by atoms with E-state index in [1.54, 1.807) is 13.8 Å². The van der Waals surface area contributed by atoms with Crippen LogP contribution < -0.4 is 0 Å². The van der Waals surface area contributed by atoms with Crippen LogP contribution in [0.25, 0.3) is 0 Å². The van der Waals surface area contributed by atoms with Gasteiger partial charge in [0.15, 0.2) is 0 Å². The van der Waals surface area contributed by atoms with Crippen LogP contribution in [0, 0.1) is 29.6 Å². The van der Waals surface area contributed by atoms with Gasteiger partial charge in [-0.25, -0.2) is 4.79 Å². The summed E-state index contributed by atoms with van der Waals surface area (Å²) in [6, 6.07) is 8.23. The van der Waals surface area contributed by atoms with Crippen molar-refractivity contribution in [1.29, 1.82) is 0 Å². The number of hydrogen-bond acceptors (Lipinski definition) is 13. The van der Waals surface area contributed by atoms with E-state index in [9.17, 15) is 34.5 Å². The maximum atomic E-state index is 14.6. The van der Waals surface area contributed by atoms with Gasteiger partial charge < -0.3 is 48.6 Å². The Balaban J connectivity index is 1.47. The van der Waals surface area contributed by atoms with Crippen molar-refractivity contribution >= 4 is 23.4 Å². The van der Waals surface area contributed by atoms with Crippen LogP contribution in [0.4, 0.5) is 0 Å². The van der Waals surface area contributed by atoms with Gasteiger partial charge >= 0.3 is 5.97 Å². The maximum absolute atomic E-state index is 14.6. The van der Waals surface area contributed by atoms with E-state index in [4.69, 9.17) is 28.4 Å². The Morgan fingerprint density at radius 2 is 1.61 bits per heavy atom. The average Bonchev–Trinajstić information content (AvgIpc) is 3.30. The SMILES string of the molecule is CCC1C=C(C)CC(C)CC(OC)C2OC(O)(C(=O)C(=O)N3CCCCC3C(=O)OC(C(C)=CC3CCC(OCC(O)c4ccccc4)C(OC(C)C)C3)C(C)C(O)CC1=O)C(C)CC2OC. The molecule has 15 unspecified atom stereocenters. The summed E-state index contributed by atoms with van der Waals surface area (Å²) in [5.74, 6) is -7.63. The number of ether oxygens (including phenoxy) is 6. The first-order chi connectivity index (χ1) is 31.8. The molecule has 14 heteroatoms. The molecule has 3 aliphatic heterocycles. The monoisotopic (exact) mass is 940 g/mol. The number of piperidine rings is 1.